The Morgan fingerprint density at radius 2 is 1.71 bits per heavy atom. The molecule has 0 aliphatic heterocycles. The van der Waals surface area contributed by atoms with E-state index in [9.17, 15) is 14.4 Å². The van der Waals surface area contributed by atoms with E-state index in [1.54, 1.807) is 4.90 Å². The first-order valence-corrected chi connectivity index (χ1v) is 7.17. The summed E-state index contributed by atoms with van der Waals surface area (Å²) in [4.78, 5) is 37.6. The summed E-state index contributed by atoms with van der Waals surface area (Å²) in [7, 11) is 3.84. The maximum Gasteiger partial charge on any atom is 0.324 e. The van der Waals surface area contributed by atoms with Crippen molar-refractivity contribution in [3.05, 3.63) is 0 Å². The Hall–Kier alpha value is -1.63. The second-order valence-corrected chi connectivity index (χ2v) is 5.74. The van der Waals surface area contributed by atoms with Crippen LogP contribution in [-0.2, 0) is 9.59 Å². The summed E-state index contributed by atoms with van der Waals surface area (Å²) >= 11 is 0. The average Bonchev–Trinajstić information content (AvgIpc) is 2.33. The number of aliphatic carboxylic acids is 1. The molecule has 0 bridgehead atoms. The second-order valence-electron chi connectivity index (χ2n) is 5.74. The highest BCUT2D eigenvalue weighted by molar-refractivity contribution is 5.94. The fourth-order valence-electron chi connectivity index (χ4n) is 1.70. The number of nitrogens with zero attached hydrogens (tertiary/aromatic N) is 2. The Morgan fingerprint density at radius 3 is 2.19 bits per heavy atom. The molecule has 0 rings (SSSR count). The summed E-state index contributed by atoms with van der Waals surface area (Å²) in [6.07, 6.45) is 0.204. The first kappa shape index (κ1) is 19.4. The van der Waals surface area contributed by atoms with E-state index in [1.807, 2.05) is 32.8 Å². The molecular formula is C14H27N3O4. The minimum absolute atomic E-state index is 0.0429. The zero-order valence-corrected chi connectivity index (χ0v) is 13.4. The average molecular weight is 301 g/mol. The van der Waals surface area contributed by atoms with Gasteiger partial charge in [0.2, 0.25) is 5.91 Å². The molecule has 0 unspecified atom stereocenters. The predicted octanol–water partition coefficient (Wildman–Crippen LogP) is 0.997. The number of rotatable bonds is 9. The van der Waals surface area contributed by atoms with Gasteiger partial charge in [-0.05, 0) is 26.4 Å². The van der Waals surface area contributed by atoms with Crippen LogP contribution in [0.5, 0.6) is 0 Å². The largest absolute Gasteiger partial charge is 0.481 e. The van der Waals surface area contributed by atoms with Crippen LogP contribution in [0.25, 0.3) is 0 Å². The highest BCUT2D eigenvalue weighted by Gasteiger charge is 2.17. The standard InChI is InChI=1S/C14H27N3O4/c1-11(2)10-17(9-8-16(3)4)14(21)15-12(18)6-5-7-13(19)20/h11H,5-10H2,1-4H3,(H,19,20)(H,15,18,21). The molecule has 7 nitrogen and oxygen atoms in total. The maximum atomic E-state index is 12.1. The molecule has 122 valence electrons. The highest BCUT2D eigenvalue weighted by Crippen LogP contribution is 2.01. The molecule has 0 radical (unpaired) electrons. The normalized spacial score (nSPS) is 10.8. The smallest absolute Gasteiger partial charge is 0.324 e. The lowest BCUT2D eigenvalue weighted by Gasteiger charge is -2.26. The van der Waals surface area contributed by atoms with Crippen molar-refractivity contribution < 1.29 is 19.5 Å². The van der Waals surface area contributed by atoms with E-state index in [4.69, 9.17) is 5.11 Å². The van der Waals surface area contributed by atoms with Crippen LogP contribution in [0.4, 0.5) is 4.79 Å². The molecule has 0 atom stereocenters. The minimum Gasteiger partial charge on any atom is -0.481 e. The van der Waals surface area contributed by atoms with Crippen molar-refractivity contribution in [1.29, 1.82) is 0 Å². The van der Waals surface area contributed by atoms with Crippen molar-refractivity contribution in [3.63, 3.8) is 0 Å². The van der Waals surface area contributed by atoms with Crippen LogP contribution in [0.2, 0.25) is 0 Å². The highest BCUT2D eigenvalue weighted by atomic mass is 16.4. The van der Waals surface area contributed by atoms with E-state index >= 15 is 0 Å². The lowest BCUT2D eigenvalue weighted by Crippen LogP contribution is -2.46. The number of hydrogen-bond acceptors (Lipinski definition) is 4. The fraction of sp³-hybridized carbons (Fsp3) is 0.786. The molecule has 0 saturated carbocycles. The van der Waals surface area contributed by atoms with Gasteiger partial charge in [-0.15, -0.1) is 0 Å². The van der Waals surface area contributed by atoms with Crippen LogP contribution in [-0.4, -0.2) is 66.5 Å². The van der Waals surface area contributed by atoms with E-state index in [0.717, 1.165) is 0 Å². The summed E-state index contributed by atoms with van der Waals surface area (Å²) in [6.45, 7) is 5.84. The molecule has 0 saturated heterocycles. The van der Waals surface area contributed by atoms with Gasteiger partial charge in [-0.25, -0.2) is 4.79 Å². The quantitative estimate of drug-likeness (QED) is 0.663. The van der Waals surface area contributed by atoms with Gasteiger partial charge in [-0.1, -0.05) is 13.8 Å². The SMILES string of the molecule is CC(C)CN(CCN(C)C)C(=O)NC(=O)CCCC(=O)O. The summed E-state index contributed by atoms with van der Waals surface area (Å²) in [5.74, 6) is -1.07. The van der Waals surface area contributed by atoms with Crippen molar-refractivity contribution in [1.82, 2.24) is 15.1 Å². The van der Waals surface area contributed by atoms with E-state index in [1.165, 1.54) is 0 Å². The Balaban J connectivity index is 4.30. The zero-order valence-electron chi connectivity index (χ0n) is 13.4. The Labute approximate surface area is 126 Å². The molecule has 0 fully saturated rings. The molecule has 0 heterocycles. The molecule has 2 N–H and O–H groups in total. The number of amides is 3. The number of imide groups is 1. The summed E-state index contributed by atoms with van der Waals surface area (Å²) in [5, 5.41) is 10.8. The molecule has 21 heavy (non-hydrogen) atoms. The van der Waals surface area contributed by atoms with Crippen LogP contribution in [0, 0.1) is 5.92 Å². The molecular weight excluding hydrogens is 274 g/mol. The lowest BCUT2D eigenvalue weighted by molar-refractivity contribution is -0.137. The first-order valence-electron chi connectivity index (χ1n) is 7.17. The van der Waals surface area contributed by atoms with Gasteiger partial charge in [0.25, 0.3) is 0 Å². The summed E-state index contributed by atoms with van der Waals surface area (Å²) in [6, 6.07) is -0.411. The van der Waals surface area contributed by atoms with E-state index in [2.05, 4.69) is 5.32 Å². The van der Waals surface area contributed by atoms with Crippen molar-refractivity contribution in [2.75, 3.05) is 33.7 Å². The van der Waals surface area contributed by atoms with Gasteiger partial charge in [0.1, 0.15) is 0 Å². The van der Waals surface area contributed by atoms with Gasteiger partial charge in [-0.3, -0.25) is 14.9 Å². The number of hydrogen-bond donors (Lipinski definition) is 2. The van der Waals surface area contributed by atoms with Crippen molar-refractivity contribution in [3.8, 4) is 0 Å². The molecule has 0 aromatic heterocycles. The van der Waals surface area contributed by atoms with Crippen LogP contribution in [0.1, 0.15) is 33.1 Å². The maximum absolute atomic E-state index is 12.1. The third-order valence-corrected chi connectivity index (χ3v) is 2.73. The Morgan fingerprint density at radius 1 is 1.10 bits per heavy atom. The van der Waals surface area contributed by atoms with Crippen molar-refractivity contribution >= 4 is 17.9 Å². The number of nitrogens with one attached hydrogen (secondary N) is 1. The second kappa shape index (κ2) is 10.1. The van der Waals surface area contributed by atoms with E-state index in [0.29, 0.717) is 25.6 Å². The van der Waals surface area contributed by atoms with E-state index in [-0.39, 0.29) is 19.3 Å². The molecule has 0 aromatic carbocycles. The number of urea groups is 1. The van der Waals surface area contributed by atoms with Gasteiger partial charge >= 0.3 is 12.0 Å². The monoisotopic (exact) mass is 301 g/mol. The molecule has 0 aromatic rings. The number of likely N-dealkylation sites (N-methyl/N-ethyl adjacent to an activating group) is 1. The van der Waals surface area contributed by atoms with Gasteiger partial charge in [-0.2, -0.15) is 0 Å². The Kier molecular flexibility index (Phi) is 9.36. The number of carbonyl (C=O) groups excluding carboxylic acids is 2. The Bertz CT molecular complexity index is 356. The van der Waals surface area contributed by atoms with Gasteiger partial charge in [0.05, 0.1) is 0 Å². The summed E-state index contributed by atoms with van der Waals surface area (Å²) in [5.41, 5.74) is 0. The predicted molar refractivity (Wildman–Crippen MR) is 80.0 cm³/mol. The minimum atomic E-state index is -0.943. The van der Waals surface area contributed by atoms with Crippen LogP contribution in [0.3, 0.4) is 0 Å². The number of carboxylic acids is 1. The third kappa shape index (κ3) is 10.8. The van der Waals surface area contributed by atoms with Gasteiger partial charge < -0.3 is 14.9 Å². The van der Waals surface area contributed by atoms with Crippen LogP contribution in [0.15, 0.2) is 0 Å². The molecule has 0 aliphatic rings. The molecule has 0 aliphatic carbocycles. The zero-order chi connectivity index (χ0) is 16.4. The molecule has 7 heteroatoms. The fourth-order valence-corrected chi connectivity index (χ4v) is 1.70. The van der Waals surface area contributed by atoms with Gasteiger partial charge in [0.15, 0.2) is 0 Å². The number of carbonyl (C=O) groups is 3. The first-order chi connectivity index (χ1) is 9.72. The van der Waals surface area contributed by atoms with E-state index < -0.39 is 17.9 Å². The third-order valence-electron chi connectivity index (χ3n) is 2.73. The molecule has 3 amide bonds. The van der Waals surface area contributed by atoms with Crippen LogP contribution < -0.4 is 5.32 Å². The lowest BCUT2D eigenvalue weighted by atomic mass is 10.2. The van der Waals surface area contributed by atoms with Crippen molar-refractivity contribution in [2.45, 2.75) is 33.1 Å². The topological polar surface area (TPSA) is 90.0 Å². The van der Waals surface area contributed by atoms with Crippen LogP contribution >= 0.6 is 0 Å². The van der Waals surface area contributed by atoms with Crippen molar-refractivity contribution in [2.24, 2.45) is 5.92 Å². The number of carboxylic acid groups (broad SMARTS) is 1. The summed E-state index contributed by atoms with van der Waals surface area (Å²) < 4.78 is 0. The van der Waals surface area contributed by atoms with Gasteiger partial charge in [0, 0.05) is 32.5 Å². The molecule has 0 spiro atoms.